The van der Waals surface area contributed by atoms with Crippen molar-refractivity contribution in [3.8, 4) is 5.75 Å². The zero-order valence-electron chi connectivity index (χ0n) is 11.9. The molecule has 3 aliphatic heterocycles. The van der Waals surface area contributed by atoms with Crippen molar-refractivity contribution < 1.29 is 21.6 Å². The van der Waals surface area contributed by atoms with Crippen LogP contribution in [0.15, 0.2) is 18.2 Å². The molecule has 4 rings (SSSR count). The number of fused-ring (bicyclic) bond motifs is 3. The molecule has 3 heterocycles. The highest BCUT2D eigenvalue weighted by atomic mass is 35.5. The van der Waals surface area contributed by atoms with E-state index in [0.29, 0.717) is 0 Å². The first kappa shape index (κ1) is 14.6. The maximum Gasteiger partial charge on any atom is 0.127 e. The number of quaternary nitrogens is 1. The first-order chi connectivity index (χ1) is 8.71. The van der Waals surface area contributed by atoms with Crippen molar-refractivity contribution in [3.63, 3.8) is 0 Å². The van der Waals surface area contributed by atoms with E-state index in [1.807, 2.05) is 0 Å². The van der Waals surface area contributed by atoms with E-state index in [-0.39, 0.29) is 12.4 Å². The molecule has 0 aliphatic carbocycles. The zero-order valence-corrected chi connectivity index (χ0v) is 12.6. The van der Waals surface area contributed by atoms with Crippen molar-refractivity contribution >= 4 is 0 Å². The van der Waals surface area contributed by atoms with E-state index in [0.717, 1.165) is 12.3 Å². The number of benzene rings is 1. The topological polar surface area (TPSA) is 12.5 Å². The molecule has 0 atom stereocenters. The minimum absolute atomic E-state index is 0. The molecule has 4 heteroatoms. The minimum Gasteiger partial charge on any atom is -1.00 e. The van der Waals surface area contributed by atoms with E-state index in [2.05, 4.69) is 30.0 Å². The summed E-state index contributed by atoms with van der Waals surface area (Å²) in [4.78, 5) is 2.59. The normalized spacial score (nSPS) is 28.8. The Labute approximate surface area is 122 Å². The van der Waals surface area contributed by atoms with Gasteiger partial charge in [0.15, 0.2) is 0 Å². The van der Waals surface area contributed by atoms with Gasteiger partial charge in [-0.05, 0) is 19.1 Å². The van der Waals surface area contributed by atoms with Gasteiger partial charge in [-0.3, -0.25) is 4.90 Å². The lowest BCUT2D eigenvalue weighted by atomic mass is 10.1. The second-order valence-corrected chi connectivity index (χ2v) is 5.83. The van der Waals surface area contributed by atoms with E-state index in [4.69, 9.17) is 4.74 Å². The van der Waals surface area contributed by atoms with Gasteiger partial charge in [0, 0.05) is 25.2 Å². The highest BCUT2D eigenvalue weighted by Crippen LogP contribution is 2.28. The molecule has 3 fully saturated rings. The minimum atomic E-state index is 0. The standard InChI is InChI=1S/C15H23N2O.ClH/c1-13-3-4-15(18-2)14(11-13)12-17-8-5-16(6-9-17)7-10-17;/h3-4,11H,5-10,12H2,1-2H3;1H/q+1;/p-1. The van der Waals surface area contributed by atoms with Crippen LogP contribution >= 0.6 is 0 Å². The number of nitrogens with zero attached hydrogens (tertiary/aromatic N) is 2. The lowest BCUT2D eigenvalue weighted by Crippen LogP contribution is -3.00. The van der Waals surface area contributed by atoms with Crippen molar-refractivity contribution in [2.45, 2.75) is 13.5 Å². The number of methoxy groups -OCH3 is 1. The van der Waals surface area contributed by atoms with Crippen LogP contribution in [0.4, 0.5) is 0 Å². The Balaban J connectivity index is 0.00000133. The van der Waals surface area contributed by atoms with Gasteiger partial charge in [-0.1, -0.05) is 11.6 Å². The first-order valence-corrected chi connectivity index (χ1v) is 6.92. The van der Waals surface area contributed by atoms with Crippen LogP contribution in [-0.2, 0) is 6.54 Å². The Bertz CT molecular complexity index is 428. The number of aryl methyl sites for hydroxylation is 1. The average Bonchev–Trinajstić information content (AvgIpc) is 2.41. The lowest BCUT2D eigenvalue weighted by Gasteiger charge is -2.50. The van der Waals surface area contributed by atoms with Crippen LogP contribution < -0.4 is 17.1 Å². The summed E-state index contributed by atoms with van der Waals surface area (Å²) in [5.41, 5.74) is 2.72. The summed E-state index contributed by atoms with van der Waals surface area (Å²) >= 11 is 0. The third kappa shape index (κ3) is 2.88. The Hall–Kier alpha value is -0.770. The SMILES string of the molecule is COc1ccc(C)cc1C[N+]12CCN(CC1)CC2.[Cl-]. The lowest BCUT2D eigenvalue weighted by molar-refractivity contribution is -0.953. The second kappa shape index (κ2) is 5.70. The molecule has 3 nitrogen and oxygen atoms in total. The zero-order chi connectivity index (χ0) is 12.6. The van der Waals surface area contributed by atoms with Gasteiger partial charge >= 0.3 is 0 Å². The van der Waals surface area contributed by atoms with E-state index in [1.54, 1.807) is 7.11 Å². The Morgan fingerprint density at radius 1 is 1.16 bits per heavy atom. The summed E-state index contributed by atoms with van der Waals surface area (Å²) < 4.78 is 6.78. The molecule has 3 aliphatic rings. The maximum absolute atomic E-state index is 5.52. The number of hydrogen-bond acceptors (Lipinski definition) is 2. The largest absolute Gasteiger partial charge is 1.00 e. The second-order valence-electron chi connectivity index (χ2n) is 5.83. The summed E-state index contributed by atoms with van der Waals surface area (Å²) in [5, 5.41) is 0. The number of ether oxygens (including phenoxy) is 1. The fourth-order valence-corrected chi connectivity index (χ4v) is 3.36. The van der Waals surface area contributed by atoms with Crippen LogP contribution in [0.2, 0.25) is 0 Å². The molecule has 2 bridgehead atoms. The van der Waals surface area contributed by atoms with Gasteiger partial charge in [-0.15, -0.1) is 0 Å². The van der Waals surface area contributed by atoms with Gasteiger partial charge in [0.25, 0.3) is 0 Å². The smallest absolute Gasteiger partial charge is 0.127 e. The first-order valence-electron chi connectivity index (χ1n) is 6.92. The third-order valence-corrected chi connectivity index (χ3v) is 4.61. The fourth-order valence-electron chi connectivity index (χ4n) is 3.36. The predicted octanol–water partition coefficient (Wildman–Crippen LogP) is -1.35. The van der Waals surface area contributed by atoms with Gasteiger partial charge in [0.1, 0.15) is 12.3 Å². The van der Waals surface area contributed by atoms with Gasteiger partial charge in [-0.2, -0.15) is 0 Å². The van der Waals surface area contributed by atoms with Crippen LogP contribution in [-0.4, -0.2) is 55.8 Å². The van der Waals surface area contributed by atoms with E-state index < -0.39 is 0 Å². The molecule has 0 saturated carbocycles. The maximum atomic E-state index is 5.52. The molecule has 1 aromatic carbocycles. The van der Waals surface area contributed by atoms with E-state index in [1.165, 1.54) is 54.9 Å². The van der Waals surface area contributed by atoms with Gasteiger partial charge in [0.05, 0.1) is 26.7 Å². The van der Waals surface area contributed by atoms with Crippen LogP contribution in [0, 0.1) is 6.92 Å². The molecule has 1 aromatic rings. The van der Waals surface area contributed by atoms with Crippen LogP contribution in [0.1, 0.15) is 11.1 Å². The number of rotatable bonds is 3. The van der Waals surface area contributed by atoms with Gasteiger partial charge < -0.3 is 21.6 Å². The fraction of sp³-hybridized carbons (Fsp3) is 0.600. The number of halogens is 1. The molecule has 0 aromatic heterocycles. The predicted molar refractivity (Wildman–Crippen MR) is 72.7 cm³/mol. The molecular weight excluding hydrogens is 260 g/mol. The molecule has 0 unspecified atom stereocenters. The average molecular weight is 283 g/mol. The quantitative estimate of drug-likeness (QED) is 0.636. The van der Waals surface area contributed by atoms with Gasteiger partial charge in [0.2, 0.25) is 0 Å². The van der Waals surface area contributed by atoms with Crippen molar-refractivity contribution in [2.75, 3.05) is 46.4 Å². The summed E-state index contributed by atoms with van der Waals surface area (Å²) in [6.45, 7) is 11.0. The molecular formula is C15H23ClN2O. The highest BCUT2D eigenvalue weighted by molar-refractivity contribution is 5.36. The molecule has 0 amide bonds. The van der Waals surface area contributed by atoms with Crippen molar-refractivity contribution in [1.82, 2.24) is 4.90 Å². The van der Waals surface area contributed by atoms with Gasteiger partial charge in [-0.25, -0.2) is 0 Å². The highest BCUT2D eigenvalue weighted by Gasteiger charge is 2.38. The molecule has 3 saturated heterocycles. The van der Waals surface area contributed by atoms with Crippen molar-refractivity contribution in [2.24, 2.45) is 0 Å². The van der Waals surface area contributed by atoms with Crippen molar-refractivity contribution in [3.05, 3.63) is 29.3 Å². The molecule has 0 N–H and O–H groups in total. The van der Waals surface area contributed by atoms with Crippen molar-refractivity contribution in [1.29, 1.82) is 0 Å². The van der Waals surface area contributed by atoms with E-state index in [9.17, 15) is 0 Å². The van der Waals surface area contributed by atoms with Crippen LogP contribution in [0.5, 0.6) is 5.75 Å². The molecule has 19 heavy (non-hydrogen) atoms. The summed E-state index contributed by atoms with van der Waals surface area (Å²) in [6.07, 6.45) is 0. The monoisotopic (exact) mass is 282 g/mol. The summed E-state index contributed by atoms with van der Waals surface area (Å²) in [5.74, 6) is 1.06. The van der Waals surface area contributed by atoms with E-state index >= 15 is 0 Å². The Morgan fingerprint density at radius 3 is 2.37 bits per heavy atom. The number of piperazine rings is 3. The summed E-state index contributed by atoms with van der Waals surface area (Å²) in [6, 6.07) is 6.55. The third-order valence-electron chi connectivity index (χ3n) is 4.61. The molecule has 0 spiro atoms. The molecule has 106 valence electrons. The molecule has 0 radical (unpaired) electrons. The Kier molecular flexibility index (Phi) is 4.39. The Morgan fingerprint density at radius 2 is 1.79 bits per heavy atom. The van der Waals surface area contributed by atoms with Crippen LogP contribution in [0.25, 0.3) is 0 Å². The van der Waals surface area contributed by atoms with Crippen LogP contribution in [0.3, 0.4) is 0 Å². The summed E-state index contributed by atoms with van der Waals surface area (Å²) in [7, 11) is 1.78. The number of hydrogen-bond donors (Lipinski definition) is 0.